The maximum Gasteiger partial charge on any atom is 0.291 e. The molecule has 0 saturated heterocycles. The molecule has 0 saturated carbocycles. The van der Waals surface area contributed by atoms with Crippen LogP contribution in [0.4, 0.5) is 11.4 Å². The number of methoxy groups -OCH3 is 1. The van der Waals surface area contributed by atoms with Gasteiger partial charge >= 0.3 is 0 Å². The van der Waals surface area contributed by atoms with Crippen molar-refractivity contribution >= 4 is 29.3 Å². The van der Waals surface area contributed by atoms with E-state index in [1.54, 1.807) is 49.6 Å². The van der Waals surface area contributed by atoms with Gasteiger partial charge in [0.1, 0.15) is 0 Å². The minimum Gasteiger partial charge on any atom is -0.493 e. The first-order valence-corrected chi connectivity index (χ1v) is 9.27. The van der Waals surface area contributed by atoms with Crippen LogP contribution in [0.2, 0.25) is 0 Å². The van der Waals surface area contributed by atoms with Crippen LogP contribution < -0.4 is 20.1 Å². The molecule has 0 aliphatic rings. The highest BCUT2D eigenvalue weighted by Crippen LogP contribution is 2.28. The first kappa shape index (κ1) is 20.7. The number of hydrogen-bond acceptors (Lipinski definition) is 5. The summed E-state index contributed by atoms with van der Waals surface area (Å²) in [7, 11) is 1.55. The molecule has 0 unspecified atom stereocenters. The lowest BCUT2D eigenvalue weighted by molar-refractivity contribution is -0.118. The summed E-state index contributed by atoms with van der Waals surface area (Å²) < 4.78 is 16.0. The quantitative estimate of drug-likeness (QED) is 0.571. The van der Waals surface area contributed by atoms with Gasteiger partial charge in [0.05, 0.1) is 13.4 Å². The molecule has 30 heavy (non-hydrogen) atoms. The van der Waals surface area contributed by atoms with Crippen molar-refractivity contribution in [3.63, 3.8) is 0 Å². The normalized spacial score (nSPS) is 10.6. The molecule has 7 nitrogen and oxygen atoms in total. The average molecular weight is 406 g/mol. The van der Waals surface area contributed by atoms with Crippen molar-refractivity contribution in [3.8, 4) is 11.5 Å². The molecular weight excluding hydrogens is 384 g/mol. The van der Waals surface area contributed by atoms with Gasteiger partial charge in [-0.1, -0.05) is 24.3 Å². The van der Waals surface area contributed by atoms with Crippen LogP contribution in [-0.4, -0.2) is 25.5 Å². The number of anilines is 2. The number of amides is 2. The fraction of sp³-hybridized carbons (Fsp3) is 0.130. The number of carbonyl (C=O) groups is 2. The minimum absolute atomic E-state index is 0.192. The number of allylic oxidation sites excluding steroid dienone is 1. The minimum atomic E-state index is -0.375. The second-order valence-corrected chi connectivity index (χ2v) is 6.26. The zero-order valence-electron chi connectivity index (χ0n) is 16.7. The first-order chi connectivity index (χ1) is 14.6. The summed E-state index contributed by atoms with van der Waals surface area (Å²) in [6.45, 7) is 1.74. The third kappa shape index (κ3) is 5.51. The summed E-state index contributed by atoms with van der Waals surface area (Å²) in [4.78, 5) is 24.3. The number of nitrogens with one attached hydrogen (secondary N) is 2. The average Bonchev–Trinajstić information content (AvgIpc) is 3.28. The highest BCUT2D eigenvalue weighted by molar-refractivity contribution is 6.02. The molecule has 3 aromatic rings. The Bertz CT molecular complexity index is 1040. The third-order valence-corrected chi connectivity index (χ3v) is 4.05. The number of ether oxygens (including phenoxy) is 2. The molecule has 2 aromatic carbocycles. The number of benzene rings is 2. The van der Waals surface area contributed by atoms with Gasteiger partial charge in [-0.15, -0.1) is 0 Å². The van der Waals surface area contributed by atoms with E-state index in [-0.39, 0.29) is 24.2 Å². The van der Waals surface area contributed by atoms with Crippen LogP contribution in [0, 0.1) is 0 Å². The monoisotopic (exact) mass is 406 g/mol. The van der Waals surface area contributed by atoms with Gasteiger partial charge in [-0.2, -0.15) is 0 Å². The Morgan fingerprint density at radius 3 is 2.50 bits per heavy atom. The fourth-order valence-corrected chi connectivity index (χ4v) is 2.72. The molecule has 0 aliphatic heterocycles. The Morgan fingerprint density at radius 1 is 1.00 bits per heavy atom. The molecule has 2 N–H and O–H groups in total. The Balaban J connectivity index is 1.58. The summed E-state index contributed by atoms with van der Waals surface area (Å²) in [5.41, 5.74) is 2.02. The molecule has 0 fully saturated rings. The predicted molar refractivity (Wildman–Crippen MR) is 115 cm³/mol. The van der Waals surface area contributed by atoms with Gasteiger partial charge in [-0.25, -0.2) is 0 Å². The van der Waals surface area contributed by atoms with Gasteiger partial charge in [-0.3, -0.25) is 9.59 Å². The van der Waals surface area contributed by atoms with E-state index < -0.39 is 0 Å². The lowest BCUT2D eigenvalue weighted by Crippen LogP contribution is -2.20. The van der Waals surface area contributed by atoms with Gasteiger partial charge < -0.3 is 24.5 Å². The maximum absolute atomic E-state index is 12.3. The molecule has 2 amide bonds. The molecular formula is C23H22N2O5. The molecule has 3 rings (SSSR count). The Kier molecular flexibility index (Phi) is 6.89. The third-order valence-electron chi connectivity index (χ3n) is 4.05. The smallest absolute Gasteiger partial charge is 0.291 e. The highest BCUT2D eigenvalue weighted by Gasteiger charge is 2.11. The SMILES string of the molecule is C/C=C\c1ccc(OCC(=O)Nc2cccc(NC(=O)c3ccco3)c2)c(OC)c1. The maximum atomic E-state index is 12.3. The van der Waals surface area contributed by atoms with Gasteiger partial charge in [-0.05, 0) is 55.0 Å². The fourth-order valence-electron chi connectivity index (χ4n) is 2.72. The van der Waals surface area contributed by atoms with Crippen molar-refractivity contribution < 1.29 is 23.5 Å². The first-order valence-electron chi connectivity index (χ1n) is 9.27. The van der Waals surface area contributed by atoms with Crippen molar-refractivity contribution in [3.05, 3.63) is 78.3 Å². The van der Waals surface area contributed by atoms with E-state index in [9.17, 15) is 9.59 Å². The van der Waals surface area contributed by atoms with E-state index in [2.05, 4.69) is 10.6 Å². The second kappa shape index (κ2) is 9.97. The molecule has 7 heteroatoms. The number of rotatable bonds is 8. The van der Waals surface area contributed by atoms with Gasteiger partial charge in [0.15, 0.2) is 23.9 Å². The van der Waals surface area contributed by atoms with Crippen molar-refractivity contribution in [1.29, 1.82) is 0 Å². The summed E-state index contributed by atoms with van der Waals surface area (Å²) >= 11 is 0. The molecule has 0 radical (unpaired) electrons. The number of hydrogen-bond donors (Lipinski definition) is 2. The van der Waals surface area contributed by atoms with E-state index >= 15 is 0 Å². The highest BCUT2D eigenvalue weighted by atomic mass is 16.5. The van der Waals surface area contributed by atoms with Gasteiger partial charge in [0.25, 0.3) is 11.8 Å². The van der Waals surface area contributed by atoms with E-state index in [0.29, 0.717) is 22.9 Å². The van der Waals surface area contributed by atoms with Crippen LogP contribution in [0.25, 0.3) is 6.08 Å². The van der Waals surface area contributed by atoms with E-state index in [1.165, 1.54) is 6.26 Å². The molecule has 1 aromatic heterocycles. The summed E-state index contributed by atoms with van der Waals surface area (Å²) in [5.74, 6) is 0.498. The van der Waals surface area contributed by atoms with E-state index in [1.807, 2.05) is 31.2 Å². The van der Waals surface area contributed by atoms with E-state index in [4.69, 9.17) is 13.9 Å². The van der Waals surface area contributed by atoms with Crippen LogP contribution in [0.1, 0.15) is 23.0 Å². The number of carbonyl (C=O) groups excluding carboxylic acids is 2. The van der Waals surface area contributed by atoms with Crippen molar-refractivity contribution in [2.45, 2.75) is 6.92 Å². The molecule has 1 heterocycles. The Morgan fingerprint density at radius 2 is 1.80 bits per heavy atom. The predicted octanol–water partition coefficient (Wildman–Crippen LogP) is 4.59. The van der Waals surface area contributed by atoms with Crippen LogP contribution in [-0.2, 0) is 4.79 Å². The molecule has 0 atom stereocenters. The van der Waals surface area contributed by atoms with Crippen molar-refractivity contribution in [2.24, 2.45) is 0 Å². The standard InChI is InChI=1S/C23H22N2O5/c1-3-6-16-10-11-19(21(13-16)28-2)30-15-22(26)24-17-7-4-8-18(14-17)25-23(27)20-9-5-12-29-20/h3-14H,15H2,1-2H3,(H,24,26)(H,25,27)/b6-3-. The molecule has 0 spiro atoms. The summed E-state index contributed by atoms with van der Waals surface area (Å²) in [5, 5.41) is 5.45. The van der Waals surface area contributed by atoms with Gasteiger partial charge in [0, 0.05) is 11.4 Å². The summed E-state index contributed by atoms with van der Waals surface area (Å²) in [6, 6.07) is 15.5. The molecule has 154 valence electrons. The second-order valence-electron chi connectivity index (χ2n) is 6.26. The molecule has 0 aliphatic carbocycles. The zero-order valence-corrected chi connectivity index (χ0v) is 16.7. The van der Waals surface area contributed by atoms with Crippen LogP contribution in [0.5, 0.6) is 11.5 Å². The molecule has 0 bridgehead atoms. The Hall–Kier alpha value is -4.00. The van der Waals surface area contributed by atoms with Crippen LogP contribution >= 0.6 is 0 Å². The van der Waals surface area contributed by atoms with E-state index in [0.717, 1.165) is 5.56 Å². The Labute approximate surface area is 174 Å². The largest absolute Gasteiger partial charge is 0.493 e. The summed E-state index contributed by atoms with van der Waals surface area (Å²) in [6.07, 6.45) is 5.29. The van der Waals surface area contributed by atoms with Crippen molar-refractivity contribution in [1.82, 2.24) is 0 Å². The van der Waals surface area contributed by atoms with Crippen LogP contribution in [0.15, 0.2) is 71.4 Å². The number of furan rings is 1. The zero-order chi connectivity index (χ0) is 21.3. The lowest BCUT2D eigenvalue weighted by Gasteiger charge is -2.12. The lowest BCUT2D eigenvalue weighted by atomic mass is 10.2. The van der Waals surface area contributed by atoms with Crippen molar-refractivity contribution in [2.75, 3.05) is 24.4 Å². The topological polar surface area (TPSA) is 89.8 Å². The van der Waals surface area contributed by atoms with Crippen LogP contribution in [0.3, 0.4) is 0 Å². The van der Waals surface area contributed by atoms with Gasteiger partial charge in [0.2, 0.25) is 0 Å².